The van der Waals surface area contributed by atoms with E-state index in [-0.39, 0.29) is 23.8 Å². The van der Waals surface area contributed by atoms with Gasteiger partial charge in [-0.3, -0.25) is 4.68 Å². The normalized spacial score (nSPS) is 16.9. The molecule has 0 amide bonds. The maximum absolute atomic E-state index is 11.2. The quantitative estimate of drug-likeness (QED) is 0.880. The minimum atomic E-state index is -3.07. The number of aromatic nitrogens is 2. The summed E-state index contributed by atoms with van der Waals surface area (Å²) in [7, 11) is -3.07. The third kappa shape index (κ3) is 3.56. The van der Waals surface area contributed by atoms with Gasteiger partial charge < -0.3 is 5.11 Å². The van der Waals surface area contributed by atoms with Crippen LogP contribution >= 0.6 is 0 Å². The number of rotatable bonds is 5. The second kappa shape index (κ2) is 5.32. The van der Waals surface area contributed by atoms with Gasteiger partial charge in [-0.1, -0.05) is 12.8 Å². The minimum absolute atomic E-state index is 0.0299. The molecule has 6 nitrogen and oxygen atoms in total. The fourth-order valence-corrected chi connectivity index (χ4v) is 2.99. The maximum Gasteiger partial charge on any atom is 0.339 e. The van der Waals surface area contributed by atoms with Gasteiger partial charge in [0.15, 0.2) is 0 Å². The van der Waals surface area contributed by atoms with E-state index in [1.54, 1.807) is 0 Å². The van der Waals surface area contributed by atoms with Crippen molar-refractivity contribution >= 4 is 15.8 Å². The van der Waals surface area contributed by atoms with Crippen LogP contribution in [0.5, 0.6) is 0 Å². The zero-order valence-corrected chi connectivity index (χ0v) is 11.7. The molecular formula is C12H18N2O4S. The van der Waals surface area contributed by atoms with E-state index < -0.39 is 15.8 Å². The van der Waals surface area contributed by atoms with Crippen molar-refractivity contribution in [2.75, 3.05) is 12.0 Å². The molecule has 2 rings (SSSR count). The van der Waals surface area contributed by atoms with E-state index >= 15 is 0 Å². The van der Waals surface area contributed by atoms with Crippen molar-refractivity contribution in [3.8, 4) is 0 Å². The predicted molar refractivity (Wildman–Crippen MR) is 70.1 cm³/mol. The lowest BCUT2D eigenvalue weighted by molar-refractivity contribution is 0.0695. The van der Waals surface area contributed by atoms with Gasteiger partial charge >= 0.3 is 5.97 Å². The fourth-order valence-electron chi connectivity index (χ4n) is 2.48. The van der Waals surface area contributed by atoms with E-state index in [1.165, 1.54) is 10.9 Å². The van der Waals surface area contributed by atoms with E-state index in [1.807, 2.05) is 0 Å². The van der Waals surface area contributed by atoms with Crippen molar-refractivity contribution in [2.45, 2.75) is 38.1 Å². The summed E-state index contributed by atoms with van der Waals surface area (Å²) in [5.41, 5.74) is 0.818. The molecule has 1 aromatic heterocycles. The van der Waals surface area contributed by atoms with Crippen LogP contribution in [0.15, 0.2) is 6.20 Å². The lowest BCUT2D eigenvalue weighted by Crippen LogP contribution is -2.12. The standard InChI is InChI=1S/C12H18N2O4S/c1-19(17,18)7-6-14-8-10(12(15)16)11(13-14)9-4-2-3-5-9/h8-9H,2-7H2,1H3,(H,15,16). The van der Waals surface area contributed by atoms with Crippen LogP contribution < -0.4 is 0 Å². The van der Waals surface area contributed by atoms with Crippen LogP contribution in [-0.4, -0.2) is 41.3 Å². The van der Waals surface area contributed by atoms with Gasteiger partial charge in [0.1, 0.15) is 15.4 Å². The summed E-state index contributed by atoms with van der Waals surface area (Å²) < 4.78 is 23.7. The monoisotopic (exact) mass is 286 g/mol. The zero-order chi connectivity index (χ0) is 14.0. The van der Waals surface area contributed by atoms with Crippen molar-refractivity contribution in [2.24, 2.45) is 0 Å². The second-order valence-corrected chi connectivity index (χ2v) is 7.37. The highest BCUT2D eigenvalue weighted by Crippen LogP contribution is 2.34. The van der Waals surface area contributed by atoms with Crippen LogP contribution in [-0.2, 0) is 16.4 Å². The predicted octanol–water partition coefficient (Wildman–Crippen LogP) is 1.28. The van der Waals surface area contributed by atoms with Crippen LogP contribution in [0.3, 0.4) is 0 Å². The Bertz CT molecular complexity index is 571. The number of aryl methyl sites for hydroxylation is 1. The minimum Gasteiger partial charge on any atom is -0.478 e. The number of hydrogen-bond acceptors (Lipinski definition) is 4. The van der Waals surface area contributed by atoms with Crippen LogP contribution in [0.4, 0.5) is 0 Å². The molecule has 1 aliphatic carbocycles. The van der Waals surface area contributed by atoms with Gasteiger partial charge in [-0.15, -0.1) is 0 Å². The summed E-state index contributed by atoms with van der Waals surface area (Å²) in [6.07, 6.45) is 6.72. The summed E-state index contributed by atoms with van der Waals surface area (Å²) in [4.78, 5) is 11.2. The third-order valence-corrected chi connectivity index (χ3v) is 4.38. The van der Waals surface area contributed by atoms with Crippen LogP contribution in [0, 0.1) is 0 Å². The molecule has 0 aromatic carbocycles. The lowest BCUT2D eigenvalue weighted by Gasteiger charge is -2.06. The average molecular weight is 286 g/mol. The molecule has 1 saturated carbocycles. The van der Waals surface area contributed by atoms with Crippen LogP contribution in [0.2, 0.25) is 0 Å². The topological polar surface area (TPSA) is 89.3 Å². The molecule has 0 radical (unpaired) electrons. The Morgan fingerprint density at radius 1 is 1.47 bits per heavy atom. The van der Waals surface area contributed by atoms with Crippen LogP contribution in [0.25, 0.3) is 0 Å². The van der Waals surface area contributed by atoms with Crippen molar-refractivity contribution in [1.29, 1.82) is 0 Å². The summed E-state index contributed by atoms with van der Waals surface area (Å²) in [6.45, 7) is 0.200. The largest absolute Gasteiger partial charge is 0.478 e. The van der Waals surface area contributed by atoms with Gasteiger partial charge in [-0.2, -0.15) is 5.10 Å². The first kappa shape index (κ1) is 14.0. The summed E-state index contributed by atoms with van der Waals surface area (Å²) in [5, 5.41) is 13.5. The first-order valence-electron chi connectivity index (χ1n) is 6.35. The molecule has 0 spiro atoms. The number of aromatic carboxylic acids is 1. The Morgan fingerprint density at radius 3 is 2.63 bits per heavy atom. The summed E-state index contributed by atoms with van der Waals surface area (Å²) in [6, 6.07) is 0. The molecule has 0 atom stereocenters. The van der Waals surface area contributed by atoms with E-state index in [9.17, 15) is 18.3 Å². The number of carboxylic acid groups (broad SMARTS) is 1. The van der Waals surface area contributed by atoms with Crippen molar-refractivity contribution in [1.82, 2.24) is 9.78 Å². The maximum atomic E-state index is 11.2. The van der Waals surface area contributed by atoms with Gasteiger partial charge in [0.05, 0.1) is 18.0 Å². The van der Waals surface area contributed by atoms with E-state index in [4.69, 9.17) is 0 Å². The van der Waals surface area contributed by atoms with Crippen molar-refractivity contribution in [3.05, 3.63) is 17.5 Å². The van der Waals surface area contributed by atoms with Gasteiger partial charge in [0.25, 0.3) is 0 Å². The highest BCUT2D eigenvalue weighted by atomic mass is 32.2. The Balaban J connectivity index is 2.22. The molecular weight excluding hydrogens is 268 g/mol. The molecule has 1 fully saturated rings. The number of carboxylic acids is 1. The van der Waals surface area contributed by atoms with E-state index in [2.05, 4.69) is 5.10 Å². The van der Waals surface area contributed by atoms with E-state index in [0.717, 1.165) is 31.9 Å². The highest BCUT2D eigenvalue weighted by Gasteiger charge is 2.26. The molecule has 1 aliphatic rings. The molecule has 0 saturated heterocycles. The van der Waals surface area contributed by atoms with Gasteiger partial charge in [0.2, 0.25) is 0 Å². The second-order valence-electron chi connectivity index (χ2n) is 5.11. The first-order chi connectivity index (χ1) is 8.87. The Kier molecular flexibility index (Phi) is 3.93. The zero-order valence-electron chi connectivity index (χ0n) is 10.9. The SMILES string of the molecule is CS(=O)(=O)CCn1cc(C(=O)O)c(C2CCCC2)n1. The fraction of sp³-hybridized carbons (Fsp3) is 0.667. The molecule has 0 unspecified atom stereocenters. The summed E-state index contributed by atoms with van der Waals surface area (Å²) in [5.74, 6) is -0.823. The van der Waals surface area contributed by atoms with Crippen LogP contribution in [0.1, 0.15) is 47.7 Å². The summed E-state index contributed by atoms with van der Waals surface area (Å²) >= 11 is 0. The van der Waals surface area contributed by atoms with Crippen molar-refractivity contribution in [3.63, 3.8) is 0 Å². The smallest absolute Gasteiger partial charge is 0.339 e. The van der Waals surface area contributed by atoms with Gasteiger partial charge in [0, 0.05) is 18.4 Å². The number of nitrogens with zero attached hydrogens (tertiary/aromatic N) is 2. The number of carbonyl (C=O) groups is 1. The van der Waals surface area contributed by atoms with Gasteiger partial charge in [-0.05, 0) is 12.8 Å². The highest BCUT2D eigenvalue weighted by molar-refractivity contribution is 7.90. The molecule has 7 heteroatoms. The van der Waals surface area contributed by atoms with Crippen molar-refractivity contribution < 1.29 is 18.3 Å². The Morgan fingerprint density at radius 2 is 2.11 bits per heavy atom. The molecule has 0 bridgehead atoms. The number of hydrogen-bond donors (Lipinski definition) is 1. The molecule has 19 heavy (non-hydrogen) atoms. The molecule has 1 aromatic rings. The third-order valence-electron chi connectivity index (χ3n) is 3.45. The lowest BCUT2D eigenvalue weighted by atomic mass is 10.0. The molecule has 1 N–H and O–H groups in total. The number of sulfone groups is 1. The van der Waals surface area contributed by atoms with E-state index in [0.29, 0.717) is 5.69 Å². The molecule has 1 heterocycles. The molecule has 106 valence electrons. The first-order valence-corrected chi connectivity index (χ1v) is 8.41. The Labute approximate surface area is 112 Å². The average Bonchev–Trinajstić information content (AvgIpc) is 2.94. The molecule has 0 aliphatic heterocycles. The Hall–Kier alpha value is -1.37. The van der Waals surface area contributed by atoms with Gasteiger partial charge in [-0.25, -0.2) is 13.2 Å².